The lowest BCUT2D eigenvalue weighted by molar-refractivity contribution is 0.563. The molecule has 19 rings (SSSR count). The van der Waals surface area contributed by atoms with Crippen molar-refractivity contribution in [1.82, 2.24) is 0 Å². The molecule has 6 aliphatic carbocycles. The van der Waals surface area contributed by atoms with Gasteiger partial charge in [-0.1, -0.05) is 231 Å². The van der Waals surface area contributed by atoms with Gasteiger partial charge >= 0.3 is 0 Å². The Balaban J connectivity index is 0.832. The van der Waals surface area contributed by atoms with E-state index in [0.717, 1.165) is 38.5 Å². The molecule has 0 heterocycles. The highest BCUT2D eigenvalue weighted by Gasteiger charge is 2.50. The second kappa shape index (κ2) is 16.8. The first-order valence-electron chi connectivity index (χ1n) is 30.1. The molecular weight excluding hydrogens is 997 g/mol. The highest BCUT2D eigenvalue weighted by Crippen LogP contribution is 2.60. The Kier molecular flexibility index (Phi) is 9.29. The molecule has 0 N–H and O–H groups in total. The molecule has 0 fully saturated rings. The van der Waals surface area contributed by atoms with Crippen LogP contribution in [-0.2, 0) is 54.8 Å². The van der Waals surface area contributed by atoms with Crippen LogP contribution in [0.3, 0.4) is 0 Å². The minimum absolute atomic E-state index is 0.0997. The van der Waals surface area contributed by atoms with E-state index >= 15 is 0 Å². The molecule has 0 atom stereocenters. The number of hydrogen-bond acceptors (Lipinski definition) is 0. The van der Waals surface area contributed by atoms with E-state index in [0.29, 0.717) is 0 Å². The molecule has 0 bridgehead atoms. The third-order valence-corrected chi connectivity index (χ3v) is 21.2. The summed E-state index contributed by atoms with van der Waals surface area (Å²) in [7, 11) is 0. The van der Waals surface area contributed by atoms with Gasteiger partial charge < -0.3 is 0 Å². The molecule has 0 saturated heterocycles. The highest BCUT2D eigenvalue weighted by atomic mass is 14.5. The van der Waals surface area contributed by atoms with Gasteiger partial charge in [0.15, 0.2) is 0 Å². The third kappa shape index (κ3) is 6.26. The number of hydrogen-bond donors (Lipinski definition) is 0. The fourth-order valence-corrected chi connectivity index (χ4v) is 17.7. The fourth-order valence-electron chi connectivity index (χ4n) is 17.7. The molecule has 0 aromatic heterocycles. The first kappa shape index (κ1) is 46.0. The van der Waals surface area contributed by atoms with Crippen LogP contribution < -0.4 is 0 Å². The van der Waals surface area contributed by atoms with Crippen molar-refractivity contribution in [1.29, 1.82) is 0 Å². The zero-order valence-corrected chi connectivity index (χ0v) is 46.1. The molecule has 0 heteroatoms. The smallest absolute Gasteiger partial charge is 0.0296 e. The van der Waals surface area contributed by atoms with Crippen LogP contribution in [0.5, 0.6) is 0 Å². The van der Waals surface area contributed by atoms with Crippen LogP contribution in [0.1, 0.15) is 66.8 Å². The van der Waals surface area contributed by atoms with Crippen LogP contribution in [-0.4, -0.2) is 0 Å². The van der Waals surface area contributed by atoms with Gasteiger partial charge in [0.25, 0.3) is 0 Å². The lowest BCUT2D eigenvalue weighted by Gasteiger charge is -2.28. The van der Waals surface area contributed by atoms with Crippen molar-refractivity contribution in [3.63, 3.8) is 0 Å². The maximum absolute atomic E-state index is 2.59. The summed E-state index contributed by atoms with van der Waals surface area (Å²) in [5.74, 6) is 0. The summed E-state index contributed by atoms with van der Waals surface area (Å²) in [5.41, 5.74) is 35.7. The van der Waals surface area contributed by atoms with E-state index < -0.39 is 0 Å². The number of rotatable bonds is 4. The van der Waals surface area contributed by atoms with Crippen molar-refractivity contribution < 1.29 is 0 Å². The van der Waals surface area contributed by atoms with E-state index in [4.69, 9.17) is 0 Å². The quantitative estimate of drug-likeness (QED) is 0.154. The van der Waals surface area contributed by atoms with E-state index in [9.17, 15) is 0 Å². The second-order valence-electron chi connectivity index (χ2n) is 25.2. The van der Waals surface area contributed by atoms with Gasteiger partial charge in [0.1, 0.15) is 0 Å². The molecule has 0 nitrogen and oxygen atoms in total. The lowest BCUT2D eigenvalue weighted by Crippen LogP contribution is -2.25. The zero-order chi connectivity index (χ0) is 54.2. The first-order chi connectivity index (χ1) is 41.0. The van der Waals surface area contributed by atoms with Crippen molar-refractivity contribution in [2.24, 2.45) is 0 Å². The van der Waals surface area contributed by atoms with Gasteiger partial charge in [-0.25, -0.2) is 0 Å². The van der Waals surface area contributed by atoms with Crippen molar-refractivity contribution in [2.75, 3.05) is 0 Å². The minimum Gasteiger partial charge on any atom is -0.0620 e. The Labute approximate surface area is 485 Å². The average Bonchev–Trinajstić information content (AvgIpc) is 2.69. The predicted octanol–water partition coefficient (Wildman–Crippen LogP) is 19.9. The molecule has 83 heavy (non-hydrogen) atoms. The van der Waals surface area contributed by atoms with Crippen molar-refractivity contribution in [3.8, 4) is 77.9 Å². The molecule has 0 saturated carbocycles. The zero-order valence-electron chi connectivity index (χ0n) is 46.1. The van der Waals surface area contributed by atoms with Gasteiger partial charge in [0, 0.05) is 16.2 Å². The van der Waals surface area contributed by atoms with E-state index in [-0.39, 0.29) is 16.2 Å². The summed E-state index contributed by atoms with van der Waals surface area (Å²) in [6, 6.07) is 104. The van der Waals surface area contributed by atoms with E-state index in [1.54, 1.807) is 0 Å². The van der Waals surface area contributed by atoms with Gasteiger partial charge in [-0.05, 0) is 241 Å². The lowest BCUT2D eigenvalue weighted by atomic mass is 9.74. The van der Waals surface area contributed by atoms with E-state index in [1.807, 2.05) is 0 Å². The molecule has 3 spiro atoms. The van der Waals surface area contributed by atoms with E-state index in [1.165, 1.54) is 166 Å². The molecule has 0 aliphatic heterocycles. The van der Waals surface area contributed by atoms with Crippen molar-refractivity contribution >= 4 is 21.5 Å². The second-order valence-corrected chi connectivity index (χ2v) is 25.2. The predicted molar refractivity (Wildman–Crippen MR) is 343 cm³/mol. The Morgan fingerprint density at radius 3 is 0.783 bits per heavy atom. The Hall–Kier alpha value is -9.62. The molecule has 0 unspecified atom stereocenters. The summed E-state index contributed by atoms with van der Waals surface area (Å²) >= 11 is 0. The van der Waals surface area contributed by atoms with Crippen LogP contribution in [0.15, 0.2) is 267 Å². The van der Waals surface area contributed by atoms with Crippen molar-refractivity contribution in [3.05, 3.63) is 334 Å². The summed E-state index contributed by atoms with van der Waals surface area (Å²) < 4.78 is 0. The average molecular weight is 1050 g/mol. The fraction of sp³-hybridized carbons (Fsp3) is 0.108. The first-order valence-corrected chi connectivity index (χ1v) is 30.1. The molecule has 13 aromatic rings. The monoisotopic (exact) mass is 1050 g/mol. The summed E-state index contributed by atoms with van der Waals surface area (Å²) in [4.78, 5) is 0. The van der Waals surface area contributed by atoms with Crippen LogP contribution in [0.4, 0.5) is 0 Å². The Morgan fingerprint density at radius 2 is 0.434 bits per heavy atom. The molecule has 0 amide bonds. The maximum atomic E-state index is 2.59. The normalized spacial score (nSPS) is 16.0. The summed E-state index contributed by atoms with van der Waals surface area (Å²) in [6.45, 7) is 0. The van der Waals surface area contributed by atoms with Crippen LogP contribution in [0.2, 0.25) is 0 Å². The van der Waals surface area contributed by atoms with Crippen molar-refractivity contribution in [2.45, 2.75) is 54.8 Å². The third-order valence-electron chi connectivity index (χ3n) is 21.2. The number of fused-ring (bicyclic) bond motifs is 20. The van der Waals surface area contributed by atoms with Crippen LogP contribution in [0, 0.1) is 0 Å². The number of benzene rings is 13. The highest BCUT2D eigenvalue weighted by molar-refractivity contribution is 6.22. The van der Waals surface area contributed by atoms with Gasteiger partial charge in [-0.15, -0.1) is 0 Å². The standard InChI is InChI=1S/C83H56/c1-2-18-55-46-81(45-54(55)17-1)73-30-14-11-23-63(73)66-36-33-51(42-76(66)81)60-39-61(52-34-37-67-64-24-12-15-31-74(64)82(77(67)43-52)47-56-19-3-4-20-57(56)48-82)41-62(40-60)80-71-28-9-7-26-69(71)79(70-27-8-10-29-72(70)80)53-35-38-68-65-25-13-16-32-75(65)83(78(68)44-53)49-58-21-5-6-22-59(58)50-83/h1-44H,45-50H2. The van der Waals surface area contributed by atoms with Crippen LogP contribution in [0.25, 0.3) is 99.4 Å². The summed E-state index contributed by atoms with van der Waals surface area (Å²) in [5, 5.41) is 5.11. The van der Waals surface area contributed by atoms with Gasteiger partial charge in [-0.3, -0.25) is 0 Å². The molecule has 13 aromatic carbocycles. The molecular formula is C83H56. The molecule has 6 aliphatic rings. The minimum atomic E-state index is -0.113. The maximum Gasteiger partial charge on any atom is 0.0296 e. The van der Waals surface area contributed by atoms with Gasteiger partial charge in [0.2, 0.25) is 0 Å². The summed E-state index contributed by atoms with van der Waals surface area (Å²) in [6.07, 6.45) is 6.10. The topological polar surface area (TPSA) is 0 Å². The van der Waals surface area contributed by atoms with Gasteiger partial charge in [0.05, 0.1) is 0 Å². The SMILES string of the molecule is c1ccc2c(c1)CC1(C2)c2ccccc2-c2ccc(-c3cc(-c4ccc5c(c4)C4(Cc6ccccc6C4)c4ccccc4-5)cc(-c4c5ccccc5c(-c5ccc6c(c5)C5(Cc7ccccc7C5)c5ccccc5-6)c5ccccc45)c3)cc21. The van der Waals surface area contributed by atoms with Crippen LogP contribution >= 0.6 is 0 Å². The molecule has 0 radical (unpaired) electrons. The molecule has 388 valence electrons. The Morgan fingerprint density at radius 1 is 0.181 bits per heavy atom. The van der Waals surface area contributed by atoms with E-state index in [2.05, 4.69) is 267 Å². The van der Waals surface area contributed by atoms with Gasteiger partial charge in [-0.2, -0.15) is 0 Å². The largest absolute Gasteiger partial charge is 0.0620 e. The Bertz CT molecular complexity index is 4700.